The first kappa shape index (κ1) is 18.0. The van der Waals surface area contributed by atoms with Gasteiger partial charge in [0.15, 0.2) is 0 Å². The van der Waals surface area contributed by atoms with Crippen molar-refractivity contribution in [3.63, 3.8) is 0 Å². The van der Waals surface area contributed by atoms with Crippen molar-refractivity contribution in [2.75, 3.05) is 11.4 Å². The molecule has 0 aromatic heterocycles. The fourth-order valence-corrected chi connectivity index (χ4v) is 4.04. The molecule has 132 valence electrons. The van der Waals surface area contributed by atoms with Crippen molar-refractivity contribution < 1.29 is 0 Å². The SMILES string of the molecule is CCCN1c2ccc(C=Nc3ccc(Cl)cc3)cc2C(C)CC1(C)C. The molecule has 2 aromatic rings. The van der Waals surface area contributed by atoms with Gasteiger partial charge < -0.3 is 4.90 Å². The van der Waals surface area contributed by atoms with E-state index in [1.54, 1.807) is 0 Å². The van der Waals surface area contributed by atoms with Crippen LogP contribution in [0.15, 0.2) is 47.5 Å². The van der Waals surface area contributed by atoms with Gasteiger partial charge in [-0.1, -0.05) is 31.5 Å². The molecule has 0 amide bonds. The molecule has 0 bridgehead atoms. The Hall–Kier alpha value is -1.80. The van der Waals surface area contributed by atoms with Gasteiger partial charge in [-0.15, -0.1) is 0 Å². The highest BCUT2D eigenvalue weighted by atomic mass is 35.5. The molecule has 1 aliphatic heterocycles. The minimum atomic E-state index is 0.210. The highest BCUT2D eigenvalue weighted by Gasteiger charge is 2.35. The van der Waals surface area contributed by atoms with E-state index in [0.29, 0.717) is 5.92 Å². The molecular weight excluding hydrogens is 328 g/mol. The molecule has 1 aliphatic rings. The predicted molar refractivity (Wildman–Crippen MR) is 110 cm³/mol. The number of benzene rings is 2. The third kappa shape index (κ3) is 3.90. The van der Waals surface area contributed by atoms with Crippen LogP contribution in [-0.4, -0.2) is 18.3 Å². The molecule has 0 saturated carbocycles. The van der Waals surface area contributed by atoms with Crippen molar-refractivity contribution >= 4 is 29.2 Å². The number of hydrogen-bond donors (Lipinski definition) is 0. The predicted octanol–water partition coefficient (Wildman–Crippen LogP) is 6.59. The molecule has 2 nitrogen and oxygen atoms in total. The van der Waals surface area contributed by atoms with Gasteiger partial charge in [-0.2, -0.15) is 0 Å². The van der Waals surface area contributed by atoms with Crippen LogP contribution in [0.5, 0.6) is 0 Å². The van der Waals surface area contributed by atoms with Crippen molar-refractivity contribution in [1.82, 2.24) is 0 Å². The maximum absolute atomic E-state index is 5.93. The second-order valence-corrected chi connectivity index (χ2v) is 8.06. The number of rotatable bonds is 4. The molecule has 3 heteroatoms. The fourth-order valence-electron chi connectivity index (χ4n) is 3.91. The molecule has 2 aromatic carbocycles. The second-order valence-electron chi connectivity index (χ2n) is 7.62. The summed E-state index contributed by atoms with van der Waals surface area (Å²) in [6.07, 6.45) is 4.29. The lowest BCUT2D eigenvalue weighted by molar-refractivity contribution is 0.376. The third-order valence-electron chi connectivity index (χ3n) is 5.05. The van der Waals surface area contributed by atoms with Gasteiger partial charge in [-0.25, -0.2) is 0 Å². The Labute approximate surface area is 156 Å². The Morgan fingerprint density at radius 1 is 1.20 bits per heavy atom. The Morgan fingerprint density at radius 2 is 1.92 bits per heavy atom. The molecule has 1 atom stereocenters. The first-order valence-corrected chi connectivity index (χ1v) is 9.50. The molecule has 0 fully saturated rings. The maximum Gasteiger partial charge on any atom is 0.0630 e. The van der Waals surface area contributed by atoms with E-state index in [4.69, 9.17) is 11.6 Å². The third-order valence-corrected chi connectivity index (χ3v) is 5.30. The van der Waals surface area contributed by atoms with E-state index < -0.39 is 0 Å². The van der Waals surface area contributed by atoms with Crippen LogP contribution in [0.1, 0.15) is 57.6 Å². The lowest BCUT2D eigenvalue weighted by Crippen LogP contribution is -2.48. The first-order valence-electron chi connectivity index (χ1n) is 9.12. The Balaban J connectivity index is 1.90. The van der Waals surface area contributed by atoms with Crippen LogP contribution < -0.4 is 4.90 Å². The van der Waals surface area contributed by atoms with Crippen LogP contribution in [0.4, 0.5) is 11.4 Å². The Kier molecular flexibility index (Phi) is 5.19. The zero-order chi connectivity index (χ0) is 18.0. The van der Waals surface area contributed by atoms with Gasteiger partial charge in [0.25, 0.3) is 0 Å². The zero-order valence-electron chi connectivity index (χ0n) is 15.6. The standard InChI is InChI=1S/C22H27ClN2/c1-5-12-25-21-11-6-17(13-20(21)16(2)14-22(25,3)4)15-24-19-9-7-18(23)8-10-19/h6-11,13,15-16H,5,12,14H2,1-4H3. The van der Waals surface area contributed by atoms with Crippen LogP contribution in [0, 0.1) is 0 Å². The largest absolute Gasteiger partial charge is 0.366 e. The van der Waals surface area contributed by atoms with E-state index in [1.807, 2.05) is 30.5 Å². The van der Waals surface area contributed by atoms with E-state index in [9.17, 15) is 0 Å². The maximum atomic E-state index is 5.93. The summed E-state index contributed by atoms with van der Waals surface area (Å²) in [6, 6.07) is 14.4. The average molecular weight is 355 g/mol. The summed E-state index contributed by atoms with van der Waals surface area (Å²) in [5, 5.41) is 0.736. The number of anilines is 1. The molecule has 0 N–H and O–H groups in total. The van der Waals surface area contributed by atoms with Crippen LogP contribution in [0.3, 0.4) is 0 Å². The van der Waals surface area contributed by atoms with Crippen molar-refractivity contribution in [3.05, 3.63) is 58.6 Å². The van der Waals surface area contributed by atoms with Gasteiger partial charge >= 0.3 is 0 Å². The average Bonchev–Trinajstić information content (AvgIpc) is 2.58. The molecule has 0 radical (unpaired) electrons. The summed E-state index contributed by atoms with van der Waals surface area (Å²) in [5.41, 5.74) is 5.10. The second kappa shape index (κ2) is 7.21. The fraction of sp³-hybridized carbons (Fsp3) is 0.409. The summed E-state index contributed by atoms with van der Waals surface area (Å²) < 4.78 is 0. The zero-order valence-corrected chi connectivity index (χ0v) is 16.3. The summed E-state index contributed by atoms with van der Waals surface area (Å²) >= 11 is 5.93. The summed E-state index contributed by atoms with van der Waals surface area (Å²) in [7, 11) is 0. The lowest BCUT2D eigenvalue weighted by Gasteiger charge is -2.47. The molecule has 0 spiro atoms. The topological polar surface area (TPSA) is 15.6 Å². The number of hydrogen-bond acceptors (Lipinski definition) is 2. The number of fused-ring (bicyclic) bond motifs is 1. The highest BCUT2D eigenvalue weighted by Crippen LogP contribution is 2.43. The Bertz CT molecular complexity index is 762. The quantitative estimate of drug-likeness (QED) is 0.565. The van der Waals surface area contributed by atoms with Gasteiger partial charge in [0.2, 0.25) is 0 Å². The summed E-state index contributed by atoms with van der Waals surface area (Å²) in [5.74, 6) is 0.557. The Morgan fingerprint density at radius 3 is 2.60 bits per heavy atom. The highest BCUT2D eigenvalue weighted by molar-refractivity contribution is 6.30. The van der Waals surface area contributed by atoms with Gasteiger partial charge in [0.1, 0.15) is 0 Å². The van der Waals surface area contributed by atoms with Gasteiger partial charge in [-0.05, 0) is 80.1 Å². The lowest BCUT2D eigenvalue weighted by atomic mass is 9.79. The normalized spacial score (nSPS) is 19.2. The molecule has 1 heterocycles. The van der Waals surface area contributed by atoms with E-state index in [1.165, 1.54) is 17.7 Å². The van der Waals surface area contributed by atoms with Crippen molar-refractivity contribution in [1.29, 1.82) is 0 Å². The van der Waals surface area contributed by atoms with Crippen molar-refractivity contribution in [2.45, 2.75) is 52.0 Å². The number of nitrogens with zero attached hydrogens (tertiary/aromatic N) is 2. The van der Waals surface area contributed by atoms with E-state index >= 15 is 0 Å². The van der Waals surface area contributed by atoms with Crippen LogP contribution in [-0.2, 0) is 0 Å². The van der Waals surface area contributed by atoms with Gasteiger partial charge in [0.05, 0.1) is 5.69 Å². The van der Waals surface area contributed by atoms with Crippen LogP contribution in [0.2, 0.25) is 5.02 Å². The minimum Gasteiger partial charge on any atom is -0.366 e. The summed E-state index contributed by atoms with van der Waals surface area (Å²) in [4.78, 5) is 7.15. The number of halogens is 1. The van der Waals surface area contributed by atoms with Crippen molar-refractivity contribution in [3.8, 4) is 0 Å². The number of aliphatic imine (C=N–C) groups is 1. The molecule has 0 saturated heterocycles. The van der Waals surface area contributed by atoms with E-state index in [0.717, 1.165) is 29.2 Å². The smallest absolute Gasteiger partial charge is 0.0630 e. The molecular formula is C22H27ClN2. The molecule has 0 aliphatic carbocycles. The van der Waals surface area contributed by atoms with E-state index in [2.05, 4.69) is 55.8 Å². The van der Waals surface area contributed by atoms with Crippen LogP contribution >= 0.6 is 11.6 Å². The van der Waals surface area contributed by atoms with Gasteiger partial charge in [-0.3, -0.25) is 4.99 Å². The monoisotopic (exact) mass is 354 g/mol. The van der Waals surface area contributed by atoms with Crippen LogP contribution in [0.25, 0.3) is 0 Å². The first-order chi connectivity index (χ1) is 11.9. The molecule has 1 unspecified atom stereocenters. The summed E-state index contributed by atoms with van der Waals surface area (Å²) in [6.45, 7) is 10.4. The van der Waals surface area contributed by atoms with Crippen molar-refractivity contribution in [2.24, 2.45) is 4.99 Å². The minimum absolute atomic E-state index is 0.210. The van der Waals surface area contributed by atoms with E-state index in [-0.39, 0.29) is 5.54 Å². The van der Waals surface area contributed by atoms with Gasteiger partial charge in [0, 0.05) is 29.0 Å². The molecule has 3 rings (SSSR count). The molecule has 25 heavy (non-hydrogen) atoms.